The molecule has 1 saturated heterocycles. The summed E-state index contributed by atoms with van der Waals surface area (Å²) in [5.41, 5.74) is 0.0336. The molecular weight excluding hydrogens is 383 g/mol. The lowest BCUT2D eigenvalue weighted by Crippen LogP contribution is -2.60. The number of nitrogens with zero attached hydrogens (tertiary/aromatic N) is 1. The number of carbonyl (C=O) groups is 1. The molecule has 158 valence electrons. The molecule has 7 heteroatoms. The van der Waals surface area contributed by atoms with Gasteiger partial charge in [-0.25, -0.2) is 4.39 Å². The smallest absolute Gasteiger partial charge is 0.261 e. The number of benzene rings is 1. The number of hydrogen-bond acceptors (Lipinski definition) is 4. The molecule has 0 aromatic heterocycles. The molecule has 1 heterocycles. The molecule has 1 atom stereocenters. The van der Waals surface area contributed by atoms with E-state index in [9.17, 15) is 9.18 Å². The third-order valence-corrected chi connectivity index (χ3v) is 5.81. The summed E-state index contributed by atoms with van der Waals surface area (Å²) in [5.74, 6) is 0.101. The van der Waals surface area contributed by atoms with Crippen LogP contribution in [0.3, 0.4) is 0 Å². The van der Waals surface area contributed by atoms with E-state index in [1.807, 2.05) is 6.92 Å². The Morgan fingerprint density at radius 2 is 1.86 bits per heavy atom. The highest BCUT2D eigenvalue weighted by molar-refractivity contribution is 5.85. The summed E-state index contributed by atoms with van der Waals surface area (Å²) in [6.07, 6.45) is 5.90. The number of hydrogen-bond donors (Lipinski definition) is 1. The average Bonchev–Trinajstić information content (AvgIpc) is 2.73. The maximum atomic E-state index is 13.1. The zero-order valence-corrected chi connectivity index (χ0v) is 17.4. The van der Waals surface area contributed by atoms with Crippen LogP contribution in [-0.4, -0.2) is 55.3 Å². The summed E-state index contributed by atoms with van der Waals surface area (Å²) in [4.78, 5) is 15.3. The molecule has 1 N–H and O–H groups in total. The van der Waals surface area contributed by atoms with Crippen LogP contribution in [0.25, 0.3) is 0 Å². The summed E-state index contributed by atoms with van der Waals surface area (Å²) in [7, 11) is 0. The van der Waals surface area contributed by atoms with Gasteiger partial charge in [-0.05, 0) is 43.5 Å². The van der Waals surface area contributed by atoms with E-state index in [4.69, 9.17) is 9.47 Å². The minimum Gasteiger partial charge on any atom is -0.481 e. The van der Waals surface area contributed by atoms with E-state index >= 15 is 0 Å². The van der Waals surface area contributed by atoms with Crippen molar-refractivity contribution in [2.45, 2.75) is 57.1 Å². The van der Waals surface area contributed by atoms with E-state index in [0.717, 1.165) is 39.1 Å². The SMILES string of the molecule is CCC(Oc1ccc(F)cc1)C(=O)NCC1(N2CCOCC2)CCCCC1.Cl. The molecule has 1 aliphatic heterocycles. The average molecular weight is 415 g/mol. The number of ether oxygens (including phenoxy) is 2. The summed E-state index contributed by atoms with van der Waals surface area (Å²) >= 11 is 0. The van der Waals surface area contributed by atoms with Gasteiger partial charge in [0.2, 0.25) is 0 Å². The summed E-state index contributed by atoms with van der Waals surface area (Å²) in [5, 5.41) is 3.15. The van der Waals surface area contributed by atoms with E-state index in [0.29, 0.717) is 18.7 Å². The Balaban J connectivity index is 0.00000280. The van der Waals surface area contributed by atoms with E-state index in [1.54, 1.807) is 12.1 Å². The first kappa shape index (κ1) is 22.9. The van der Waals surface area contributed by atoms with Gasteiger partial charge in [0, 0.05) is 25.2 Å². The van der Waals surface area contributed by atoms with Crippen molar-refractivity contribution in [2.24, 2.45) is 0 Å². The number of halogens is 2. The second kappa shape index (κ2) is 11.0. The van der Waals surface area contributed by atoms with E-state index < -0.39 is 6.10 Å². The minimum absolute atomic E-state index is 0. The van der Waals surface area contributed by atoms with Gasteiger partial charge >= 0.3 is 0 Å². The molecule has 1 aromatic rings. The van der Waals surface area contributed by atoms with Gasteiger partial charge in [-0.2, -0.15) is 0 Å². The number of nitrogens with one attached hydrogen (secondary N) is 1. The van der Waals surface area contributed by atoms with Crippen molar-refractivity contribution >= 4 is 18.3 Å². The van der Waals surface area contributed by atoms with Gasteiger partial charge in [-0.3, -0.25) is 9.69 Å². The van der Waals surface area contributed by atoms with Gasteiger partial charge in [0.25, 0.3) is 5.91 Å². The van der Waals surface area contributed by atoms with Crippen molar-refractivity contribution in [1.29, 1.82) is 0 Å². The fourth-order valence-corrected chi connectivity index (χ4v) is 4.22. The van der Waals surface area contributed by atoms with Crippen molar-refractivity contribution in [3.8, 4) is 5.75 Å². The van der Waals surface area contributed by atoms with Crippen LogP contribution in [0.4, 0.5) is 4.39 Å². The normalized spacial score (nSPS) is 20.6. The van der Waals surface area contributed by atoms with E-state index in [1.165, 1.54) is 31.4 Å². The Labute approximate surface area is 173 Å². The van der Waals surface area contributed by atoms with Crippen molar-refractivity contribution < 1.29 is 18.7 Å². The van der Waals surface area contributed by atoms with Crippen LogP contribution >= 0.6 is 12.4 Å². The van der Waals surface area contributed by atoms with E-state index in [-0.39, 0.29) is 29.7 Å². The first-order chi connectivity index (χ1) is 13.1. The van der Waals surface area contributed by atoms with Gasteiger partial charge in [-0.1, -0.05) is 26.2 Å². The maximum Gasteiger partial charge on any atom is 0.261 e. The molecule has 1 aliphatic carbocycles. The van der Waals surface area contributed by atoms with Gasteiger partial charge < -0.3 is 14.8 Å². The summed E-state index contributed by atoms with van der Waals surface area (Å²) in [6.45, 7) is 5.96. The van der Waals surface area contributed by atoms with Gasteiger partial charge in [-0.15, -0.1) is 12.4 Å². The molecule has 3 rings (SSSR count). The predicted molar refractivity (Wildman–Crippen MR) is 110 cm³/mol. The molecule has 0 bridgehead atoms. The monoisotopic (exact) mass is 414 g/mol. The van der Waals surface area contributed by atoms with E-state index in [2.05, 4.69) is 10.2 Å². The fourth-order valence-electron chi connectivity index (χ4n) is 4.22. The molecule has 1 aromatic carbocycles. The van der Waals surface area contributed by atoms with Crippen LogP contribution in [0.2, 0.25) is 0 Å². The molecule has 2 fully saturated rings. The molecule has 1 amide bonds. The lowest BCUT2D eigenvalue weighted by atomic mass is 9.79. The number of rotatable bonds is 7. The first-order valence-electron chi connectivity index (χ1n) is 10.2. The molecule has 1 saturated carbocycles. The summed E-state index contributed by atoms with van der Waals surface area (Å²) in [6, 6.07) is 5.80. The number of morpholine rings is 1. The second-order valence-electron chi connectivity index (χ2n) is 7.57. The molecular formula is C21H32ClFN2O3. The first-order valence-corrected chi connectivity index (χ1v) is 10.2. The Bertz CT molecular complexity index is 602. The Kier molecular flexibility index (Phi) is 8.99. The van der Waals surface area contributed by atoms with Gasteiger partial charge in [0.05, 0.1) is 13.2 Å². The highest BCUT2D eigenvalue weighted by Gasteiger charge is 2.39. The largest absolute Gasteiger partial charge is 0.481 e. The lowest BCUT2D eigenvalue weighted by molar-refractivity contribution is -0.129. The van der Waals surface area contributed by atoms with Crippen LogP contribution in [0.5, 0.6) is 5.75 Å². The third-order valence-electron chi connectivity index (χ3n) is 5.81. The molecule has 1 unspecified atom stereocenters. The van der Waals surface area contributed by atoms with Crippen molar-refractivity contribution in [3.05, 3.63) is 30.1 Å². The number of amides is 1. The van der Waals surface area contributed by atoms with Gasteiger partial charge in [0.15, 0.2) is 6.10 Å². The van der Waals surface area contributed by atoms with Crippen LogP contribution in [-0.2, 0) is 9.53 Å². The zero-order chi connectivity index (χ0) is 19.1. The maximum absolute atomic E-state index is 13.1. The number of carbonyl (C=O) groups excluding carboxylic acids is 1. The highest BCUT2D eigenvalue weighted by Crippen LogP contribution is 2.34. The van der Waals surface area contributed by atoms with Crippen LogP contribution in [0.15, 0.2) is 24.3 Å². The van der Waals surface area contributed by atoms with Crippen molar-refractivity contribution in [1.82, 2.24) is 10.2 Å². The zero-order valence-electron chi connectivity index (χ0n) is 16.6. The fraction of sp³-hybridized carbons (Fsp3) is 0.667. The predicted octanol–water partition coefficient (Wildman–Crippen LogP) is 3.56. The van der Waals surface area contributed by atoms with Crippen molar-refractivity contribution in [3.63, 3.8) is 0 Å². The Morgan fingerprint density at radius 3 is 2.46 bits per heavy atom. The van der Waals surface area contributed by atoms with Crippen LogP contribution in [0, 0.1) is 5.82 Å². The van der Waals surface area contributed by atoms with Crippen molar-refractivity contribution in [2.75, 3.05) is 32.8 Å². The molecule has 5 nitrogen and oxygen atoms in total. The lowest BCUT2D eigenvalue weighted by Gasteiger charge is -2.48. The summed E-state index contributed by atoms with van der Waals surface area (Å²) < 4.78 is 24.4. The highest BCUT2D eigenvalue weighted by atomic mass is 35.5. The standard InChI is InChI=1S/C21H31FN2O3.ClH/c1-2-19(27-18-8-6-17(22)7-9-18)20(25)23-16-21(10-4-3-5-11-21)24-12-14-26-15-13-24;/h6-9,19H,2-5,10-16H2,1H3,(H,23,25);1H. The second-order valence-corrected chi connectivity index (χ2v) is 7.57. The topological polar surface area (TPSA) is 50.8 Å². The van der Waals surface area contributed by atoms with Crippen LogP contribution < -0.4 is 10.1 Å². The van der Waals surface area contributed by atoms with Gasteiger partial charge in [0.1, 0.15) is 11.6 Å². The quantitative estimate of drug-likeness (QED) is 0.741. The molecule has 2 aliphatic rings. The third kappa shape index (κ3) is 5.82. The van der Waals surface area contributed by atoms with Crippen LogP contribution in [0.1, 0.15) is 45.4 Å². The molecule has 0 radical (unpaired) electrons. The minimum atomic E-state index is -0.569. The Hall–Kier alpha value is -1.37. The molecule has 28 heavy (non-hydrogen) atoms. The molecule has 0 spiro atoms. The Morgan fingerprint density at radius 1 is 1.21 bits per heavy atom.